The molecule has 5 heteroatoms. The van der Waals surface area contributed by atoms with Crippen molar-refractivity contribution in [3.8, 4) is 0 Å². The van der Waals surface area contributed by atoms with Crippen LogP contribution in [0.4, 0.5) is 0 Å². The Kier molecular flexibility index (Phi) is 51.4. The average molecular weight is 869 g/mol. The van der Waals surface area contributed by atoms with Gasteiger partial charge in [0, 0.05) is 19.4 Å². The molecule has 362 valence electrons. The van der Waals surface area contributed by atoms with Gasteiger partial charge in [-0.2, -0.15) is 0 Å². The SMILES string of the molecule is CCCCC/C=C\C/C=C\CCCCCCCCCCCC(=O)OCC(COCCCCCCCCCCCC)OC(=O)CCCCCCCCC/C=C\C/C=C\CCCCC. The summed E-state index contributed by atoms with van der Waals surface area (Å²) in [5.74, 6) is -0.399. The fourth-order valence-electron chi connectivity index (χ4n) is 7.75. The third kappa shape index (κ3) is 50.5. The van der Waals surface area contributed by atoms with Gasteiger partial charge in [0.1, 0.15) is 6.61 Å². The Bertz CT molecular complexity index is 1030. The minimum absolute atomic E-state index is 0.0828. The standard InChI is InChI=1S/C57H104O5/c1-4-7-10-13-16-19-22-24-26-28-29-31-32-34-36-38-41-44-47-50-56(58)61-54-55(53-60-52-49-46-43-40-21-18-15-12-9-6-3)62-57(59)51-48-45-42-39-37-35-33-30-27-25-23-20-17-14-11-8-5-2/h16-17,19-20,24-27,55H,4-15,18,21-23,28-54H2,1-3H3/b19-16-,20-17-,26-24-,27-25-. The van der Waals surface area contributed by atoms with Crippen LogP contribution in [0.3, 0.4) is 0 Å². The fraction of sp³-hybridized carbons (Fsp3) is 0.825. The van der Waals surface area contributed by atoms with Crippen LogP contribution >= 0.6 is 0 Å². The highest BCUT2D eigenvalue weighted by Crippen LogP contribution is 2.15. The van der Waals surface area contributed by atoms with E-state index < -0.39 is 6.10 Å². The van der Waals surface area contributed by atoms with Crippen molar-refractivity contribution in [1.29, 1.82) is 0 Å². The zero-order valence-corrected chi connectivity index (χ0v) is 41.6. The van der Waals surface area contributed by atoms with Gasteiger partial charge in [-0.1, -0.05) is 230 Å². The summed E-state index contributed by atoms with van der Waals surface area (Å²) in [7, 11) is 0. The van der Waals surface area contributed by atoms with Crippen molar-refractivity contribution >= 4 is 11.9 Å². The number of allylic oxidation sites excluding steroid dienone is 8. The molecule has 5 nitrogen and oxygen atoms in total. The second kappa shape index (κ2) is 53.2. The molecule has 0 fully saturated rings. The van der Waals surface area contributed by atoms with Crippen molar-refractivity contribution in [3.63, 3.8) is 0 Å². The molecule has 0 N–H and O–H groups in total. The molecule has 0 heterocycles. The topological polar surface area (TPSA) is 61.8 Å². The van der Waals surface area contributed by atoms with Crippen LogP contribution in [0.5, 0.6) is 0 Å². The molecule has 0 spiro atoms. The van der Waals surface area contributed by atoms with Crippen LogP contribution in [0.1, 0.15) is 278 Å². The Morgan fingerprint density at radius 1 is 0.355 bits per heavy atom. The smallest absolute Gasteiger partial charge is 0.306 e. The number of rotatable bonds is 50. The van der Waals surface area contributed by atoms with Crippen LogP contribution < -0.4 is 0 Å². The van der Waals surface area contributed by atoms with Crippen molar-refractivity contribution in [1.82, 2.24) is 0 Å². The van der Waals surface area contributed by atoms with Gasteiger partial charge in [-0.15, -0.1) is 0 Å². The molecule has 0 aliphatic rings. The summed E-state index contributed by atoms with van der Waals surface area (Å²) in [6.45, 7) is 7.80. The Morgan fingerprint density at radius 2 is 0.677 bits per heavy atom. The molecule has 0 radical (unpaired) electrons. The predicted molar refractivity (Wildman–Crippen MR) is 270 cm³/mol. The van der Waals surface area contributed by atoms with E-state index in [1.165, 1.54) is 186 Å². The minimum atomic E-state index is -0.538. The fourth-order valence-corrected chi connectivity index (χ4v) is 7.75. The van der Waals surface area contributed by atoms with Gasteiger partial charge in [0.05, 0.1) is 6.61 Å². The van der Waals surface area contributed by atoms with E-state index in [1.54, 1.807) is 0 Å². The molecule has 0 rings (SSSR count). The molecule has 0 bridgehead atoms. The monoisotopic (exact) mass is 869 g/mol. The summed E-state index contributed by atoms with van der Waals surface area (Å²) in [6.07, 6.45) is 65.4. The van der Waals surface area contributed by atoms with Gasteiger partial charge in [0.2, 0.25) is 0 Å². The van der Waals surface area contributed by atoms with Crippen molar-refractivity contribution in [2.24, 2.45) is 0 Å². The molecule has 0 aliphatic heterocycles. The van der Waals surface area contributed by atoms with E-state index in [-0.39, 0.29) is 25.2 Å². The van der Waals surface area contributed by atoms with Crippen LogP contribution in [0.2, 0.25) is 0 Å². The molecule has 0 saturated heterocycles. The average Bonchev–Trinajstić information content (AvgIpc) is 3.27. The number of ether oxygens (including phenoxy) is 3. The van der Waals surface area contributed by atoms with Crippen molar-refractivity contribution in [2.75, 3.05) is 19.8 Å². The number of carbonyl (C=O) groups excluding carboxylic acids is 2. The molecule has 1 unspecified atom stereocenters. The molecular weight excluding hydrogens is 765 g/mol. The lowest BCUT2D eigenvalue weighted by atomic mass is 10.1. The number of hydrogen-bond acceptors (Lipinski definition) is 5. The van der Waals surface area contributed by atoms with Gasteiger partial charge in [-0.3, -0.25) is 9.59 Å². The van der Waals surface area contributed by atoms with E-state index in [9.17, 15) is 9.59 Å². The van der Waals surface area contributed by atoms with E-state index >= 15 is 0 Å². The van der Waals surface area contributed by atoms with Crippen LogP contribution in [-0.4, -0.2) is 37.9 Å². The summed E-state index contributed by atoms with van der Waals surface area (Å²) in [4.78, 5) is 25.4. The van der Waals surface area contributed by atoms with Crippen LogP contribution in [0.25, 0.3) is 0 Å². The molecule has 0 amide bonds. The number of esters is 2. The predicted octanol–water partition coefficient (Wildman–Crippen LogP) is 18.3. The number of hydrogen-bond donors (Lipinski definition) is 0. The van der Waals surface area contributed by atoms with Gasteiger partial charge in [0.25, 0.3) is 0 Å². The maximum absolute atomic E-state index is 12.8. The molecular formula is C57H104O5. The molecule has 1 atom stereocenters. The lowest BCUT2D eigenvalue weighted by molar-refractivity contribution is -0.163. The van der Waals surface area contributed by atoms with Crippen molar-refractivity contribution < 1.29 is 23.8 Å². The molecule has 0 saturated carbocycles. The lowest BCUT2D eigenvalue weighted by Crippen LogP contribution is -2.30. The zero-order chi connectivity index (χ0) is 44.9. The maximum atomic E-state index is 12.8. The molecule has 0 aromatic rings. The van der Waals surface area contributed by atoms with Crippen molar-refractivity contribution in [2.45, 2.75) is 284 Å². The van der Waals surface area contributed by atoms with Gasteiger partial charge in [-0.25, -0.2) is 0 Å². The number of carbonyl (C=O) groups is 2. The summed E-state index contributed by atoms with van der Waals surface area (Å²) >= 11 is 0. The summed E-state index contributed by atoms with van der Waals surface area (Å²) in [5.41, 5.74) is 0. The normalized spacial score (nSPS) is 12.5. The first-order valence-electron chi connectivity index (χ1n) is 27.2. The Morgan fingerprint density at radius 3 is 1.10 bits per heavy atom. The first-order chi connectivity index (χ1) is 30.6. The molecule has 0 aliphatic carbocycles. The quantitative estimate of drug-likeness (QED) is 0.0346. The third-order valence-electron chi connectivity index (χ3n) is 11.8. The van der Waals surface area contributed by atoms with Crippen LogP contribution in [0, 0.1) is 0 Å². The second-order valence-corrected chi connectivity index (χ2v) is 18.1. The zero-order valence-electron chi connectivity index (χ0n) is 41.6. The Hall–Kier alpha value is -2.14. The highest BCUT2D eigenvalue weighted by Gasteiger charge is 2.17. The Labute approximate surface area is 386 Å². The number of unbranched alkanes of at least 4 members (excludes halogenated alkanes) is 31. The molecule has 62 heavy (non-hydrogen) atoms. The summed E-state index contributed by atoms with van der Waals surface area (Å²) in [5, 5.41) is 0. The first kappa shape index (κ1) is 59.9. The largest absolute Gasteiger partial charge is 0.462 e. The van der Waals surface area contributed by atoms with E-state index in [4.69, 9.17) is 14.2 Å². The van der Waals surface area contributed by atoms with Crippen LogP contribution in [0.15, 0.2) is 48.6 Å². The second-order valence-electron chi connectivity index (χ2n) is 18.1. The first-order valence-corrected chi connectivity index (χ1v) is 27.2. The Balaban J connectivity index is 4.20. The van der Waals surface area contributed by atoms with Crippen molar-refractivity contribution in [3.05, 3.63) is 48.6 Å². The van der Waals surface area contributed by atoms with Gasteiger partial charge >= 0.3 is 11.9 Å². The van der Waals surface area contributed by atoms with E-state index in [1.807, 2.05) is 0 Å². The van der Waals surface area contributed by atoms with Gasteiger partial charge in [-0.05, 0) is 83.5 Å². The highest BCUT2D eigenvalue weighted by molar-refractivity contribution is 5.70. The minimum Gasteiger partial charge on any atom is -0.462 e. The van der Waals surface area contributed by atoms with E-state index in [0.29, 0.717) is 19.4 Å². The van der Waals surface area contributed by atoms with E-state index in [0.717, 1.165) is 57.8 Å². The van der Waals surface area contributed by atoms with Gasteiger partial charge < -0.3 is 14.2 Å². The molecule has 0 aromatic carbocycles. The third-order valence-corrected chi connectivity index (χ3v) is 11.8. The molecule has 0 aromatic heterocycles. The lowest BCUT2D eigenvalue weighted by Gasteiger charge is -2.18. The van der Waals surface area contributed by atoms with E-state index in [2.05, 4.69) is 69.4 Å². The maximum Gasteiger partial charge on any atom is 0.306 e. The highest BCUT2D eigenvalue weighted by atomic mass is 16.6. The van der Waals surface area contributed by atoms with Crippen LogP contribution in [-0.2, 0) is 23.8 Å². The summed E-state index contributed by atoms with van der Waals surface area (Å²) in [6, 6.07) is 0. The van der Waals surface area contributed by atoms with Gasteiger partial charge in [0.15, 0.2) is 6.10 Å². The summed E-state index contributed by atoms with van der Waals surface area (Å²) < 4.78 is 17.4.